The normalized spacial score (nSPS) is 10.5. The van der Waals surface area contributed by atoms with Crippen molar-refractivity contribution in [2.45, 2.75) is 13.8 Å². The molecule has 0 bridgehead atoms. The molecule has 0 aliphatic heterocycles. The van der Waals surface area contributed by atoms with Gasteiger partial charge in [-0.05, 0) is 61.6 Å². The van der Waals surface area contributed by atoms with Crippen LogP contribution in [0.4, 0.5) is 5.69 Å². The minimum atomic E-state index is -0.456. The van der Waals surface area contributed by atoms with Crippen LogP contribution in [0.2, 0.25) is 0 Å². The van der Waals surface area contributed by atoms with Crippen molar-refractivity contribution in [3.63, 3.8) is 0 Å². The maximum atomic E-state index is 12.3. The zero-order valence-corrected chi connectivity index (χ0v) is 17.0. The van der Waals surface area contributed by atoms with Gasteiger partial charge in [0.1, 0.15) is 0 Å². The first-order valence-corrected chi connectivity index (χ1v) is 9.58. The third kappa shape index (κ3) is 6.43. The van der Waals surface area contributed by atoms with Gasteiger partial charge >= 0.3 is 5.97 Å². The van der Waals surface area contributed by atoms with Gasteiger partial charge in [0.2, 0.25) is 0 Å². The SMILES string of the molecule is CCN(CC)CCNC(=O)c1ccc(NC(=O)c2ccc(C(=O)OC)cc2)cc1. The monoisotopic (exact) mass is 397 g/mol. The summed E-state index contributed by atoms with van der Waals surface area (Å²) in [7, 11) is 1.30. The lowest BCUT2D eigenvalue weighted by molar-refractivity contribution is 0.0600. The quantitative estimate of drug-likeness (QED) is 0.636. The van der Waals surface area contributed by atoms with Crippen LogP contribution in [-0.2, 0) is 4.74 Å². The van der Waals surface area contributed by atoms with Gasteiger partial charge in [0.25, 0.3) is 11.8 Å². The van der Waals surface area contributed by atoms with Gasteiger partial charge in [0.05, 0.1) is 12.7 Å². The van der Waals surface area contributed by atoms with Crippen molar-refractivity contribution in [2.75, 3.05) is 38.6 Å². The Balaban J connectivity index is 1.90. The Kier molecular flexibility index (Phi) is 8.36. The zero-order valence-electron chi connectivity index (χ0n) is 17.0. The van der Waals surface area contributed by atoms with E-state index in [2.05, 4.69) is 34.1 Å². The van der Waals surface area contributed by atoms with Gasteiger partial charge in [-0.15, -0.1) is 0 Å². The molecule has 0 atom stereocenters. The van der Waals surface area contributed by atoms with Gasteiger partial charge in [-0.3, -0.25) is 9.59 Å². The van der Waals surface area contributed by atoms with E-state index in [1.54, 1.807) is 36.4 Å². The number of likely N-dealkylation sites (N-methyl/N-ethyl adjacent to an activating group) is 1. The summed E-state index contributed by atoms with van der Waals surface area (Å²) in [5.74, 6) is -0.908. The van der Waals surface area contributed by atoms with Crippen LogP contribution in [-0.4, -0.2) is 56.0 Å². The number of carbonyl (C=O) groups excluding carboxylic acids is 3. The van der Waals surface area contributed by atoms with Crippen molar-refractivity contribution in [2.24, 2.45) is 0 Å². The van der Waals surface area contributed by atoms with E-state index in [0.717, 1.165) is 19.6 Å². The topological polar surface area (TPSA) is 87.7 Å². The molecule has 0 spiro atoms. The van der Waals surface area contributed by atoms with Gasteiger partial charge in [0.15, 0.2) is 0 Å². The van der Waals surface area contributed by atoms with Crippen LogP contribution in [0.3, 0.4) is 0 Å². The second kappa shape index (κ2) is 11.0. The number of hydrogen-bond acceptors (Lipinski definition) is 5. The fraction of sp³-hybridized carbons (Fsp3) is 0.318. The van der Waals surface area contributed by atoms with Crippen LogP contribution in [0.1, 0.15) is 44.9 Å². The minimum Gasteiger partial charge on any atom is -0.465 e. The van der Waals surface area contributed by atoms with E-state index in [0.29, 0.717) is 28.9 Å². The molecule has 0 aromatic heterocycles. The van der Waals surface area contributed by atoms with Gasteiger partial charge in [-0.25, -0.2) is 4.79 Å². The van der Waals surface area contributed by atoms with Crippen LogP contribution < -0.4 is 10.6 Å². The summed E-state index contributed by atoms with van der Waals surface area (Å²) in [4.78, 5) is 38.2. The van der Waals surface area contributed by atoms with Gasteiger partial charge < -0.3 is 20.3 Å². The first-order chi connectivity index (χ1) is 14.0. The van der Waals surface area contributed by atoms with E-state index in [9.17, 15) is 14.4 Å². The van der Waals surface area contributed by atoms with Crippen LogP contribution in [0.15, 0.2) is 48.5 Å². The van der Waals surface area contributed by atoms with E-state index in [-0.39, 0.29) is 11.8 Å². The van der Waals surface area contributed by atoms with E-state index in [4.69, 9.17) is 0 Å². The molecule has 0 radical (unpaired) electrons. The summed E-state index contributed by atoms with van der Waals surface area (Å²) in [5, 5.41) is 5.66. The predicted octanol–water partition coefficient (Wildman–Crippen LogP) is 2.80. The third-order valence-electron chi connectivity index (χ3n) is 4.58. The highest BCUT2D eigenvalue weighted by atomic mass is 16.5. The third-order valence-corrected chi connectivity index (χ3v) is 4.58. The molecular formula is C22H27N3O4. The molecule has 0 saturated carbocycles. The van der Waals surface area contributed by atoms with Crippen molar-refractivity contribution < 1.29 is 19.1 Å². The number of benzene rings is 2. The molecule has 2 amide bonds. The zero-order chi connectivity index (χ0) is 21.2. The second-order valence-electron chi connectivity index (χ2n) is 6.38. The van der Waals surface area contributed by atoms with Crippen molar-refractivity contribution >= 4 is 23.5 Å². The Morgan fingerprint density at radius 3 is 1.90 bits per heavy atom. The first kappa shape index (κ1) is 22.1. The number of methoxy groups -OCH3 is 1. The van der Waals surface area contributed by atoms with Gasteiger partial charge in [-0.2, -0.15) is 0 Å². The number of carbonyl (C=O) groups is 3. The van der Waals surface area contributed by atoms with Crippen molar-refractivity contribution in [3.8, 4) is 0 Å². The smallest absolute Gasteiger partial charge is 0.337 e. The Labute approximate surface area is 171 Å². The van der Waals surface area contributed by atoms with E-state index < -0.39 is 5.97 Å². The summed E-state index contributed by atoms with van der Waals surface area (Å²) >= 11 is 0. The molecule has 2 N–H and O–H groups in total. The molecule has 0 heterocycles. The number of nitrogens with one attached hydrogen (secondary N) is 2. The minimum absolute atomic E-state index is 0.145. The van der Waals surface area contributed by atoms with Crippen molar-refractivity contribution in [3.05, 3.63) is 65.2 Å². The molecule has 0 aliphatic carbocycles. The standard InChI is InChI=1S/C22H27N3O4/c1-4-25(5-2)15-14-23-20(26)16-10-12-19(13-11-16)24-21(27)17-6-8-18(9-7-17)22(28)29-3/h6-13H,4-5,14-15H2,1-3H3,(H,23,26)(H,24,27). The molecule has 7 heteroatoms. The maximum Gasteiger partial charge on any atom is 0.337 e. The highest BCUT2D eigenvalue weighted by Crippen LogP contribution is 2.12. The largest absolute Gasteiger partial charge is 0.465 e. The highest BCUT2D eigenvalue weighted by Gasteiger charge is 2.10. The molecule has 7 nitrogen and oxygen atoms in total. The summed E-state index contributed by atoms with van der Waals surface area (Å²) in [6.45, 7) is 7.47. The number of rotatable bonds is 9. The van der Waals surface area contributed by atoms with E-state index in [1.807, 2.05) is 0 Å². The number of amides is 2. The second-order valence-corrected chi connectivity index (χ2v) is 6.38. The van der Waals surface area contributed by atoms with E-state index >= 15 is 0 Å². The highest BCUT2D eigenvalue weighted by molar-refractivity contribution is 6.05. The average molecular weight is 397 g/mol. The lowest BCUT2D eigenvalue weighted by Gasteiger charge is -2.18. The molecule has 2 aromatic carbocycles. The summed E-state index contributed by atoms with van der Waals surface area (Å²) in [5.41, 5.74) is 1.90. The number of ether oxygens (including phenoxy) is 1. The van der Waals surface area contributed by atoms with Crippen molar-refractivity contribution in [1.82, 2.24) is 10.2 Å². The number of anilines is 1. The van der Waals surface area contributed by atoms with Crippen molar-refractivity contribution in [1.29, 1.82) is 0 Å². The lowest BCUT2D eigenvalue weighted by atomic mass is 10.1. The molecule has 2 aromatic rings. The Morgan fingerprint density at radius 1 is 0.828 bits per heavy atom. The first-order valence-electron chi connectivity index (χ1n) is 9.58. The molecule has 2 rings (SSSR count). The Hall–Kier alpha value is -3.19. The molecule has 154 valence electrons. The Morgan fingerprint density at radius 2 is 1.34 bits per heavy atom. The van der Waals surface area contributed by atoms with Crippen LogP contribution in [0, 0.1) is 0 Å². The number of nitrogens with zero attached hydrogens (tertiary/aromatic N) is 1. The molecule has 0 unspecified atom stereocenters. The van der Waals surface area contributed by atoms with Crippen LogP contribution in [0.25, 0.3) is 0 Å². The number of esters is 1. The fourth-order valence-corrected chi connectivity index (χ4v) is 2.75. The summed E-state index contributed by atoms with van der Waals surface area (Å²) in [6, 6.07) is 12.9. The predicted molar refractivity (Wildman–Crippen MR) is 112 cm³/mol. The van der Waals surface area contributed by atoms with Crippen LogP contribution >= 0.6 is 0 Å². The number of hydrogen-bond donors (Lipinski definition) is 2. The average Bonchev–Trinajstić information content (AvgIpc) is 2.76. The maximum absolute atomic E-state index is 12.3. The fourth-order valence-electron chi connectivity index (χ4n) is 2.75. The van der Waals surface area contributed by atoms with E-state index in [1.165, 1.54) is 19.2 Å². The molecule has 29 heavy (non-hydrogen) atoms. The van der Waals surface area contributed by atoms with Gasteiger partial charge in [-0.1, -0.05) is 13.8 Å². The molecular weight excluding hydrogens is 370 g/mol. The Bertz CT molecular complexity index is 828. The summed E-state index contributed by atoms with van der Waals surface area (Å²) in [6.07, 6.45) is 0. The molecule has 0 fully saturated rings. The molecule has 0 aliphatic rings. The van der Waals surface area contributed by atoms with Crippen LogP contribution in [0.5, 0.6) is 0 Å². The van der Waals surface area contributed by atoms with Gasteiger partial charge in [0, 0.05) is 29.9 Å². The lowest BCUT2D eigenvalue weighted by Crippen LogP contribution is -2.34. The molecule has 0 saturated heterocycles. The summed E-state index contributed by atoms with van der Waals surface area (Å²) < 4.78 is 4.64.